The minimum atomic E-state index is -0.887. The highest BCUT2D eigenvalue weighted by molar-refractivity contribution is 5.83. The summed E-state index contributed by atoms with van der Waals surface area (Å²) in [5, 5.41) is 12.2. The molecule has 0 saturated heterocycles. The van der Waals surface area contributed by atoms with Gasteiger partial charge in [-0.25, -0.2) is 14.8 Å². The molecule has 7 nitrogen and oxygen atoms in total. The summed E-state index contributed by atoms with van der Waals surface area (Å²) in [7, 11) is 0. The van der Waals surface area contributed by atoms with E-state index in [0.717, 1.165) is 41.0 Å². The van der Waals surface area contributed by atoms with Crippen LogP contribution in [0.4, 0.5) is 11.6 Å². The maximum Gasteiger partial charge on any atom is 0.328 e. The van der Waals surface area contributed by atoms with Crippen LogP contribution in [0, 0.1) is 5.92 Å². The van der Waals surface area contributed by atoms with E-state index in [1.165, 1.54) is 12.4 Å². The van der Waals surface area contributed by atoms with Gasteiger partial charge in [-0.05, 0) is 48.6 Å². The van der Waals surface area contributed by atoms with Crippen LogP contribution < -0.4 is 15.8 Å². The normalized spacial score (nSPS) is 15.2. The van der Waals surface area contributed by atoms with E-state index in [4.69, 9.17) is 15.6 Å². The van der Waals surface area contributed by atoms with Crippen LogP contribution in [0.3, 0.4) is 0 Å². The van der Waals surface area contributed by atoms with Crippen LogP contribution in [0.1, 0.15) is 12.8 Å². The van der Waals surface area contributed by atoms with Gasteiger partial charge in [0.25, 0.3) is 0 Å². The van der Waals surface area contributed by atoms with Gasteiger partial charge < -0.3 is 20.9 Å². The highest BCUT2D eigenvalue weighted by Crippen LogP contribution is 2.35. The van der Waals surface area contributed by atoms with E-state index in [2.05, 4.69) is 15.3 Å². The van der Waals surface area contributed by atoms with Crippen molar-refractivity contribution in [1.82, 2.24) is 9.97 Å². The van der Waals surface area contributed by atoms with Gasteiger partial charge in [0, 0.05) is 12.6 Å². The lowest BCUT2D eigenvalue weighted by Crippen LogP contribution is -2.24. The van der Waals surface area contributed by atoms with Crippen LogP contribution >= 0.6 is 0 Å². The number of ether oxygens (including phenoxy) is 1. The van der Waals surface area contributed by atoms with Crippen LogP contribution in [-0.2, 0) is 4.79 Å². The third kappa shape index (κ3) is 4.57. The SMILES string of the molecule is Nc1ncnc(NCC2CC(=CC(=O)O)C2)c1-c1ccc(Oc2ccccc2)cc1. The molecule has 0 atom stereocenters. The molecule has 1 heterocycles. The number of nitrogen functional groups attached to an aromatic ring is 1. The molecular weight excluding hydrogens is 380 g/mol. The number of allylic oxidation sites excluding steroid dienone is 1. The predicted octanol–water partition coefficient (Wildman–Crippen LogP) is 4.35. The van der Waals surface area contributed by atoms with Crippen molar-refractivity contribution < 1.29 is 14.6 Å². The fourth-order valence-corrected chi connectivity index (χ4v) is 3.49. The summed E-state index contributed by atoms with van der Waals surface area (Å²) in [5.74, 6) is 2.04. The van der Waals surface area contributed by atoms with Crippen LogP contribution in [0.15, 0.2) is 72.6 Å². The number of benzene rings is 2. The second kappa shape index (κ2) is 8.65. The molecule has 0 aliphatic heterocycles. The van der Waals surface area contributed by atoms with Gasteiger partial charge in [-0.3, -0.25) is 0 Å². The lowest BCUT2D eigenvalue weighted by Gasteiger charge is -2.29. The van der Waals surface area contributed by atoms with E-state index in [1.54, 1.807) is 0 Å². The van der Waals surface area contributed by atoms with Crippen LogP contribution in [0.2, 0.25) is 0 Å². The fourth-order valence-electron chi connectivity index (χ4n) is 3.49. The number of aromatic nitrogens is 2. The summed E-state index contributed by atoms with van der Waals surface area (Å²) in [6.07, 6.45) is 4.29. The van der Waals surface area contributed by atoms with Gasteiger partial charge in [0.1, 0.15) is 29.5 Å². The second-order valence-corrected chi connectivity index (χ2v) is 7.22. The number of hydrogen-bond donors (Lipinski definition) is 3. The smallest absolute Gasteiger partial charge is 0.328 e. The first kappa shape index (κ1) is 19.4. The summed E-state index contributed by atoms with van der Waals surface area (Å²) >= 11 is 0. The van der Waals surface area contributed by atoms with Gasteiger partial charge >= 0.3 is 5.97 Å². The summed E-state index contributed by atoms with van der Waals surface area (Å²) in [6.45, 7) is 0.690. The minimum absolute atomic E-state index is 0.376. The number of anilines is 2. The highest BCUT2D eigenvalue weighted by Gasteiger charge is 2.24. The molecule has 0 unspecified atom stereocenters. The molecule has 4 rings (SSSR count). The average Bonchev–Trinajstić information content (AvgIpc) is 2.71. The first-order valence-corrected chi connectivity index (χ1v) is 9.68. The zero-order valence-corrected chi connectivity index (χ0v) is 16.3. The summed E-state index contributed by atoms with van der Waals surface area (Å²) in [5.41, 5.74) is 8.74. The number of hydrogen-bond acceptors (Lipinski definition) is 6. The van der Waals surface area contributed by atoms with E-state index in [9.17, 15) is 4.79 Å². The van der Waals surface area contributed by atoms with E-state index >= 15 is 0 Å². The minimum Gasteiger partial charge on any atom is -0.478 e. The number of carbonyl (C=O) groups is 1. The molecule has 1 aliphatic rings. The molecule has 30 heavy (non-hydrogen) atoms. The number of nitrogens with zero attached hydrogens (tertiary/aromatic N) is 2. The van der Waals surface area contributed by atoms with Crippen molar-refractivity contribution in [2.45, 2.75) is 12.8 Å². The predicted molar refractivity (Wildman–Crippen MR) is 115 cm³/mol. The zero-order valence-electron chi connectivity index (χ0n) is 16.3. The van der Waals surface area contributed by atoms with Crippen molar-refractivity contribution in [1.29, 1.82) is 0 Å². The summed E-state index contributed by atoms with van der Waals surface area (Å²) < 4.78 is 5.84. The lowest BCUT2D eigenvalue weighted by molar-refractivity contribution is -0.131. The molecule has 1 aliphatic carbocycles. The number of nitrogens with two attached hydrogens (primary N) is 1. The monoisotopic (exact) mass is 402 g/mol. The Morgan fingerprint density at radius 3 is 2.50 bits per heavy atom. The summed E-state index contributed by atoms with van der Waals surface area (Å²) in [4.78, 5) is 19.2. The molecule has 0 bridgehead atoms. The number of carboxylic acids is 1. The van der Waals surface area contributed by atoms with Crippen molar-refractivity contribution in [3.63, 3.8) is 0 Å². The Hall–Kier alpha value is -3.87. The van der Waals surface area contributed by atoms with Gasteiger partial charge in [0.05, 0.1) is 5.56 Å². The number of nitrogens with one attached hydrogen (secondary N) is 1. The van der Waals surface area contributed by atoms with E-state index in [-0.39, 0.29) is 0 Å². The van der Waals surface area contributed by atoms with Gasteiger partial charge in [0.2, 0.25) is 0 Å². The molecule has 3 aromatic rings. The molecule has 152 valence electrons. The maximum absolute atomic E-state index is 10.7. The highest BCUT2D eigenvalue weighted by atomic mass is 16.5. The van der Waals surface area contributed by atoms with Crippen molar-refractivity contribution >= 4 is 17.6 Å². The van der Waals surface area contributed by atoms with Crippen molar-refractivity contribution in [2.24, 2.45) is 5.92 Å². The van der Waals surface area contributed by atoms with Gasteiger partial charge in [0.15, 0.2) is 0 Å². The van der Waals surface area contributed by atoms with E-state index in [0.29, 0.717) is 24.1 Å². The molecule has 0 spiro atoms. The third-order valence-electron chi connectivity index (χ3n) is 4.99. The molecule has 7 heteroatoms. The van der Waals surface area contributed by atoms with Crippen molar-refractivity contribution in [2.75, 3.05) is 17.6 Å². The Kier molecular flexibility index (Phi) is 5.61. The largest absolute Gasteiger partial charge is 0.478 e. The second-order valence-electron chi connectivity index (χ2n) is 7.22. The zero-order chi connectivity index (χ0) is 20.9. The molecular formula is C23H22N4O3. The molecule has 1 saturated carbocycles. The number of rotatable bonds is 7. The molecule has 1 fully saturated rings. The summed E-state index contributed by atoms with van der Waals surface area (Å²) in [6, 6.07) is 17.2. The van der Waals surface area contributed by atoms with Crippen LogP contribution in [-0.4, -0.2) is 27.6 Å². The van der Waals surface area contributed by atoms with Crippen LogP contribution in [0.5, 0.6) is 11.5 Å². The third-order valence-corrected chi connectivity index (χ3v) is 4.99. The first-order valence-electron chi connectivity index (χ1n) is 9.68. The standard InChI is InChI=1S/C23H22N4O3/c24-22-21(17-6-8-19(9-7-17)30-18-4-2-1-3-5-18)23(27-14-26-22)25-13-16-10-15(11-16)12-20(28)29/h1-9,12,14,16H,10-11,13H2,(H,28,29)(H3,24,25,26,27). The molecule has 0 radical (unpaired) electrons. The van der Waals surface area contributed by atoms with Crippen molar-refractivity contribution in [3.05, 3.63) is 72.6 Å². The van der Waals surface area contributed by atoms with Crippen molar-refractivity contribution in [3.8, 4) is 22.6 Å². The number of aliphatic carboxylic acids is 1. The van der Waals surface area contributed by atoms with Gasteiger partial charge in [-0.1, -0.05) is 35.9 Å². The topological polar surface area (TPSA) is 110 Å². The maximum atomic E-state index is 10.7. The first-order chi connectivity index (χ1) is 14.6. The average molecular weight is 402 g/mol. The Labute approximate surface area is 174 Å². The Morgan fingerprint density at radius 1 is 1.10 bits per heavy atom. The molecule has 0 amide bonds. The Bertz CT molecular complexity index is 1060. The lowest BCUT2D eigenvalue weighted by atomic mass is 9.80. The Morgan fingerprint density at radius 2 is 1.80 bits per heavy atom. The van der Waals surface area contributed by atoms with Crippen LogP contribution in [0.25, 0.3) is 11.1 Å². The quantitative estimate of drug-likeness (QED) is 0.504. The Balaban J connectivity index is 1.46. The van der Waals surface area contributed by atoms with Gasteiger partial charge in [-0.15, -0.1) is 0 Å². The number of carboxylic acid groups (broad SMARTS) is 1. The molecule has 1 aromatic heterocycles. The van der Waals surface area contributed by atoms with Gasteiger partial charge in [-0.2, -0.15) is 0 Å². The fraction of sp³-hybridized carbons (Fsp3) is 0.174. The molecule has 2 aromatic carbocycles. The number of para-hydroxylation sites is 1. The van der Waals surface area contributed by atoms with E-state index in [1.807, 2.05) is 54.6 Å². The molecule has 4 N–H and O–H groups in total. The van der Waals surface area contributed by atoms with E-state index < -0.39 is 5.97 Å².